The lowest BCUT2D eigenvalue weighted by molar-refractivity contribution is -0.115. The molecule has 1 atom stereocenters. The van der Waals surface area contributed by atoms with Crippen LogP contribution in [-0.4, -0.2) is 30.9 Å². The highest BCUT2D eigenvalue weighted by atomic mass is 32.2. The second-order valence-electron chi connectivity index (χ2n) is 7.41. The first-order valence-electron chi connectivity index (χ1n) is 10.1. The molecule has 4 aromatic rings. The van der Waals surface area contributed by atoms with Gasteiger partial charge >= 0.3 is 0 Å². The SMILES string of the molecule is C[C@H](Sc1nnc(Cc2cccs2)n1C1CC1)C(=O)Nc1nc(-c2ccccc2)cs1. The van der Waals surface area contributed by atoms with Gasteiger partial charge in [-0.25, -0.2) is 4.98 Å². The molecule has 1 aromatic carbocycles. The van der Waals surface area contributed by atoms with E-state index in [1.807, 2.05) is 42.6 Å². The lowest BCUT2D eigenvalue weighted by atomic mass is 10.2. The van der Waals surface area contributed by atoms with Crippen LogP contribution in [0.1, 0.15) is 36.5 Å². The van der Waals surface area contributed by atoms with Crippen molar-refractivity contribution in [1.29, 1.82) is 0 Å². The first-order valence-corrected chi connectivity index (χ1v) is 12.8. The van der Waals surface area contributed by atoms with E-state index in [2.05, 4.69) is 42.6 Å². The molecule has 3 aromatic heterocycles. The third-order valence-corrected chi connectivity index (χ3v) is 7.71. The molecule has 6 nitrogen and oxygen atoms in total. The number of hydrogen-bond donors (Lipinski definition) is 1. The monoisotopic (exact) mass is 467 g/mol. The molecule has 0 bridgehead atoms. The van der Waals surface area contributed by atoms with Crippen LogP contribution in [0.2, 0.25) is 0 Å². The predicted octanol–water partition coefficient (Wildman–Crippen LogP) is 5.51. The molecule has 1 fully saturated rings. The van der Waals surface area contributed by atoms with E-state index in [1.165, 1.54) is 28.0 Å². The number of carbonyl (C=O) groups is 1. The van der Waals surface area contributed by atoms with Gasteiger partial charge < -0.3 is 9.88 Å². The van der Waals surface area contributed by atoms with E-state index in [1.54, 1.807) is 11.3 Å². The maximum atomic E-state index is 12.8. The lowest BCUT2D eigenvalue weighted by Gasteiger charge is -2.12. The topological polar surface area (TPSA) is 72.7 Å². The molecule has 1 amide bonds. The predicted molar refractivity (Wildman–Crippen MR) is 127 cm³/mol. The molecule has 0 spiro atoms. The summed E-state index contributed by atoms with van der Waals surface area (Å²) in [5.41, 5.74) is 1.91. The van der Waals surface area contributed by atoms with Crippen LogP contribution in [0.3, 0.4) is 0 Å². The van der Waals surface area contributed by atoms with Crippen molar-refractivity contribution >= 4 is 45.5 Å². The standard InChI is InChI=1S/C22H21N5OS3/c1-14(20(28)24-21-23-18(13-30-21)15-6-3-2-4-7-15)31-22-26-25-19(27(22)16-9-10-16)12-17-8-5-11-29-17/h2-8,11,13-14,16H,9-10,12H2,1H3,(H,23,24,28)/t14-/m0/s1. The number of rotatable bonds is 8. The number of thioether (sulfide) groups is 1. The molecule has 1 aliphatic carbocycles. The number of hydrogen-bond acceptors (Lipinski definition) is 7. The number of nitrogens with zero attached hydrogens (tertiary/aromatic N) is 4. The van der Waals surface area contributed by atoms with Gasteiger partial charge in [-0.05, 0) is 31.2 Å². The Hall–Kier alpha value is -2.49. The summed E-state index contributed by atoms with van der Waals surface area (Å²) in [4.78, 5) is 18.6. The first-order chi connectivity index (χ1) is 15.2. The van der Waals surface area contributed by atoms with Gasteiger partial charge in [-0.15, -0.1) is 32.9 Å². The van der Waals surface area contributed by atoms with E-state index in [0.717, 1.165) is 41.5 Å². The van der Waals surface area contributed by atoms with Crippen molar-refractivity contribution in [2.45, 2.75) is 42.6 Å². The van der Waals surface area contributed by atoms with Crippen LogP contribution in [0.25, 0.3) is 11.3 Å². The van der Waals surface area contributed by atoms with Gasteiger partial charge in [0.15, 0.2) is 10.3 Å². The Kier molecular flexibility index (Phi) is 5.89. The number of aromatic nitrogens is 4. The van der Waals surface area contributed by atoms with Gasteiger partial charge in [0.05, 0.1) is 10.9 Å². The minimum Gasteiger partial charge on any atom is -0.303 e. The lowest BCUT2D eigenvalue weighted by Crippen LogP contribution is -2.23. The van der Waals surface area contributed by atoms with Crippen LogP contribution in [0.5, 0.6) is 0 Å². The van der Waals surface area contributed by atoms with Crippen molar-refractivity contribution in [3.05, 3.63) is 63.9 Å². The molecule has 1 aliphatic rings. The number of amides is 1. The number of anilines is 1. The Balaban J connectivity index is 1.26. The minimum absolute atomic E-state index is 0.0795. The summed E-state index contributed by atoms with van der Waals surface area (Å²) in [7, 11) is 0. The maximum Gasteiger partial charge on any atom is 0.239 e. The molecule has 0 aliphatic heterocycles. The van der Waals surface area contributed by atoms with Crippen LogP contribution in [0.4, 0.5) is 5.13 Å². The zero-order chi connectivity index (χ0) is 21.2. The average molecular weight is 468 g/mol. The van der Waals surface area contributed by atoms with Gasteiger partial charge in [-0.2, -0.15) is 0 Å². The third kappa shape index (κ3) is 4.73. The summed E-state index contributed by atoms with van der Waals surface area (Å²) in [6.07, 6.45) is 3.07. The zero-order valence-corrected chi connectivity index (χ0v) is 19.3. The van der Waals surface area contributed by atoms with E-state index in [4.69, 9.17) is 0 Å². The molecule has 31 heavy (non-hydrogen) atoms. The Morgan fingerprint density at radius 2 is 2.03 bits per heavy atom. The summed E-state index contributed by atoms with van der Waals surface area (Å²) in [6, 6.07) is 14.6. The van der Waals surface area contributed by atoms with E-state index in [0.29, 0.717) is 11.2 Å². The van der Waals surface area contributed by atoms with E-state index in [-0.39, 0.29) is 11.2 Å². The Morgan fingerprint density at radius 3 is 2.77 bits per heavy atom. The number of benzene rings is 1. The van der Waals surface area contributed by atoms with Crippen LogP contribution >= 0.6 is 34.4 Å². The highest BCUT2D eigenvalue weighted by Gasteiger charge is 2.31. The molecule has 5 rings (SSSR count). The van der Waals surface area contributed by atoms with E-state index < -0.39 is 0 Å². The van der Waals surface area contributed by atoms with Gasteiger partial charge in [0.1, 0.15) is 5.82 Å². The van der Waals surface area contributed by atoms with Crippen molar-refractivity contribution in [3.63, 3.8) is 0 Å². The average Bonchev–Trinajstić information content (AvgIpc) is 3.16. The normalized spacial score (nSPS) is 14.5. The van der Waals surface area contributed by atoms with Crippen LogP contribution in [-0.2, 0) is 11.2 Å². The highest BCUT2D eigenvalue weighted by molar-refractivity contribution is 8.00. The van der Waals surface area contributed by atoms with Gasteiger partial charge in [-0.3, -0.25) is 4.79 Å². The number of thiazole rings is 1. The fourth-order valence-electron chi connectivity index (χ4n) is 3.27. The smallest absolute Gasteiger partial charge is 0.239 e. The van der Waals surface area contributed by atoms with Crippen LogP contribution in [0, 0.1) is 0 Å². The maximum absolute atomic E-state index is 12.8. The summed E-state index contributed by atoms with van der Waals surface area (Å²) >= 11 is 4.63. The third-order valence-electron chi connectivity index (χ3n) is 5.01. The fourth-order valence-corrected chi connectivity index (χ4v) is 5.63. The molecular formula is C22H21N5OS3. The largest absolute Gasteiger partial charge is 0.303 e. The Morgan fingerprint density at radius 1 is 1.19 bits per heavy atom. The molecule has 3 heterocycles. The van der Waals surface area contributed by atoms with Crippen molar-refractivity contribution in [3.8, 4) is 11.3 Å². The van der Waals surface area contributed by atoms with Gasteiger partial charge in [0, 0.05) is 28.3 Å². The summed E-state index contributed by atoms with van der Waals surface area (Å²) < 4.78 is 2.23. The second-order valence-corrected chi connectivity index (χ2v) is 10.6. The molecule has 0 saturated heterocycles. The molecule has 0 radical (unpaired) electrons. The summed E-state index contributed by atoms with van der Waals surface area (Å²) in [5, 5.41) is 17.0. The van der Waals surface area contributed by atoms with Crippen molar-refractivity contribution < 1.29 is 4.79 Å². The molecule has 1 saturated carbocycles. The quantitative estimate of drug-likeness (QED) is 0.346. The van der Waals surface area contributed by atoms with Crippen LogP contribution in [0.15, 0.2) is 58.4 Å². The molecular weight excluding hydrogens is 446 g/mol. The van der Waals surface area contributed by atoms with Gasteiger partial charge in [0.2, 0.25) is 5.91 Å². The second kappa shape index (κ2) is 8.94. The van der Waals surface area contributed by atoms with Gasteiger partial charge in [0.25, 0.3) is 0 Å². The molecule has 158 valence electrons. The number of thiophene rings is 1. The van der Waals surface area contributed by atoms with Crippen molar-refractivity contribution in [1.82, 2.24) is 19.7 Å². The Labute approximate surface area is 192 Å². The molecule has 0 unspecified atom stereocenters. The van der Waals surface area contributed by atoms with Crippen molar-refractivity contribution in [2.75, 3.05) is 5.32 Å². The Bertz CT molecular complexity index is 1170. The number of nitrogens with one attached hydrogen (secondary N) is 1. The van der Waals surface area contributed by atoms with Gasteiger partial charge in [-0.1, -0.05) is 48.2 Å². The summed E-state index contributed by atoms with van der Waals surface area (Å²) in [5.74, 6) is 0.900. The van der Waals surface area contributed by atoms with Crippen LogP contribution < -0.4 is 5.32 Å². The first kappa shape index (κ1) is 20.4. The zero-order valence-electron chi connectivity index (χ0n) is 16.9. The highest BCUT2D eigenvalue weighted by Crippen LogP contribution is 2.40. The fraction of sp³-hybridized carbons (Fsp3) is 0.273. The van der Waals surface area contributed by atoms with E-state index in [9.17, 15) is 4.79 Å². The molecule has 9 heteroatoms. The molecule has 1 N–H and O–H groups in total. The van der Waals surface area contributed by atoms with Crippen molar-refractivity contribution in [2.24, 2.45) is 0 Å². The number of carbonyl (C=O) groups excluding carboxylic acids is 1. The van der Waals surface area contributed by atoms with E-state index >= 15 is 0 Å². The summed E-state index contributed by atoms with van der Waals surface area (Å²) in [6.45, 7) is 1.90. The minimum atomic E-state index is -0.305.